The van der Waals surface area contributed by atoms with Gasteiger partial charge in [0.2, 0.25) is 0 Å². The summed E-state index contributed by atoms with van der Waals surface area (Å²) >= 11 is 0. The lowest BCUT2D eigenvalue weighted by molar-refractivity contribution is 0.0996. The minimum atomic E-state index is -0.272. The van der Waals surface area contributed by atoms with E-state index in [2.05, 4.69) is 53.0 Å². The fourth-order valence-electron chi connectivity index (χ4n) is 2.99. The largest absolute Gasteiger partial charge is 0.459 e. The molecule has 0 aliphatic carbocycles. The normalized spacial score (nSPS) is 11.2. The van der Waals surface area contributed by atoms with Crippen molar-refractivity contribution in [1.29, 1.82) is 0 Å². The smallest absolute Gasteiger partial charge is 0.291 e. The highest BCUT2D eigenvalue weighted by molar-refractivity contribution is 6.02. The van der Waals surface area contributed by atoms with Crippen LogP contribution >= 0.6 is 0 Å². The first-order valence-electron chi connectivity index (χ1n) is 9.49. The Hall–Kier alpha value is -3.54. The molecule has 0 saturated heterocycles. The van der Waals surface area contributed by atoms with Crippen molar-refractivity contribution < 1.29 is 9.21 Å². The van der Waals surface area contributed by atoms with Gasteiger partial charge in [0, 0.05) is 25.8 Å². The van der Waals surface area contributed by atoms with Crippen LogP contribution in [0, 0.1) is 13.8 Å². The zero-order valence-corrected chi connectivity index (χ0v) is 17.0. The lowest BCUT2D eigenvalue weighted by Gasteiger charge is -2.14. The van der Waals surface area contributed by atoms with Gasteiger partial charge in [0.1, 0.15) is 0 Å². The Labute approximate surface area is 171 Å². The number of hydrogen-bond donors (Lipinski definition) is 3. The van der Waals surface area contributed by atoms with Crippen molar-refractivity contribution >= 4 is 17.6 Å². The number of nitrogens with one attached hydrogen (secondary N) is 3. The van der Waals surface area contributed by atoms with E-state index in [-0.39, 0.29) is 11.7 Å². The molecule has 6 nitrogen and oxygen atoms in total. The van der Waals surface area contributed by atoms with Crippen molar-refractivity contribution in [3.05, 3.63) is 88.9 Å². The molecule has 0 bridgehead atoms. The van der Waals surface area contributed by atoms with Gasteiger partial charge in [-0.3, -0.25) is 9.79 Å². The van der Waals surface area contributed by atoms with Gasteiger partial charge in [-0.25, -0.2) is 0 Å². The van der Waals surface area contributed by atoms with Crippen LogP contribution in [-0.4, -0.2) is 18.9 Å². The summed E-state index contributed by atoms with van der Waals surface area (Å²) in [5.74, 6) is 0.727. The van der Waals surface area contributed by atoms with E-state index in [9.17, 15) is 4.79 Å². The molecule has 0 atom stereocenters. The van der Waals surface area contributed by atoms with Crippen molar-refractivity contribution in [2.75, 3.05) is 12.4 Å². The molecule has 29 heavy (non-hydrogen) atoms. The molecule has 0 aliphatic rings. The maximum atomic E-state index is 12.1. The molecule has 150 valence electrons. The van der Waals surface area contributed by atoms with Gasteiger partial charge < -0.3 is 20.4 Å². The maximum absolute atomic E-state index is 12.1. The Morgan fingerprint density at radius 3 is 2.55 bits per heavy atom. The third-order valence-electron chi connectivity index (χ3n) is 4.56. The number of carbonyl (C=O) groups excluding carboxylic acids is 1. The molecule has 2 aromatic carbocycles. The van der Waals surface area contributed by atoms with Crippen molar-refractivity contribution in [1.82, 2.24) is 10.6 Å². The number of rotatable bonds is 6. The Morgan fingerprint density at radius 1 is 1.00 bits per heavy atom. The second-order valence-electron chi connectivity index (χ2n) is 6.84. The van der Waals surface area contributed by atoms with Crippen LogP contribution < -0.4 is 16.0 Å². The Morgan fingerprint density at radius 2 is 1.83 bits per heavy atom. The van der Waals surface area contributed by atoms with Gasteiger partial charge in [-0.1, -0.05) is 35.9 Å². The zero-order valence-electron chi connectivity index (χ0n) is 17.0. The third kappa shape index (κ3) is 5.72. The van der Waals surface area contributed by atoms with E-state index >= 15 is 0 Å². The van der Waals surface area contributed by atoms with Crippen molar-refractivity contribution in [2.24, 2.45) is 4.99 Å². The second kappa shape index (κ2) is 9.59. The SMILES string of the molecule is CN=C(NCc1cccc(NC(=O)c2ccco2)c1)NCc1ccc(C)cc1C. The van der Waals surface area contributed by atoms with Crippen molar-refractivity contribution in [3.63, 3.8) is 0 Å². The standard InChI is InChI=1S/C23H26N4O2/c1-16-9-10-19(17(2)12-16)15-26-23(24-3)25-14-18-6-4-7-20(13-18)27-22(28)21-8-5-11-29-21/h4-13H,14-15H2,1-3H3,(H,27,28)(H2,24,25,26). The fraction of sp³-hybridized carbons (Fsp3) is 0.217. The maximum Gasteiger partial charge on any atom is 0.291 e. The van der Waals surface area contributed by atoms with Crippen LogP contribution in [0.3, 0.4) is 0 Å². The minimum absolute atomic E-state index is 0.272. The summed E-state index contributed by atoms with van der Waals surface area (Å²) in [6.45, 7) is 5.49. The molecule has 3 aromatic rings. The highest BCUT2D eigenvalue weighted by Crippen LogP contribution is 2.13. The van der Waals surface area contributed by atoms with Gasteiger partial charge in [-0.2, -0.15) is 0 Å². The van der Waals surface area contributed by atoms with Crippen LogP contribution in [0.25, 0.3) is 0 Å². The summed E-state index contributed by atoms with van der Waals surface area (Å²) in [7, 11) is 1.75. The molecule has 1 aromatic heterocycles. The number of furan rings is 1. The van der Waals surface area contributed by atoms with Crippen LogP contribution in [0.4, 0.5) is 5.69 Å². The highest BCUT2D eigenvalue weighted by atomic mass is 16.3. The number of amides is 1. The van der Waals surface area contributed by atoms with E-state index in [1.54, 1.807) is 19.2 Å². The average Bonchev–Trinajstić information content (AvgIpc) is 3.25. The molecule has 6 heteroatoms. The summed E-state index contributed by atoms with van der Waals surface area (Å²) in [4.78, 5) is 16.4. The van der Waals surface area contributed by atoms with E-state index in [4.69, 9.17) is 4.42 Å². The van der Waals surface area contributed by atoms with Crippen molar-refractivity contribution in [2.45, 2.75) is 26.9 Å². The summed E-state index contributed by atoms with van der Waals surface area (Å²) in [6, 6.07) is 17.4. The molecule has 0 spiro atoms. The number of guanidine groups is 1. The van der Waals surface area contributed by atoms with Gasteiger partial charge in [0.25, 0.3) is 5.91 Å². The number of carbonyl (C=O) groups is 1. The van der Waals surface area contributed by atoms with Crippen LogP contribution in [0.5, 0.6) is 0 Å². The minimum Gasteiger partial charge on any atom is -0.459 e. The molecule has 1 amide bonds. The van der Waals surface area contributed by atoms with E-state index < -0.39 is 0 Å². The zero-order chi connectivity index (χ0) is 20.6. The predicted octanol–water partition coefficient (Wildman–Crippen LogP) is 4.01. The van der Waals surface area contributed by atoms with Crippen LogP contribution in [-0.2, 0) is 13.1 Å². The Kier molecular flexibility index (Phi) is 6.68. The van der Waals surface area contributed by atoms with Gasteiger partial charge in [0.05, 0.1) is 6.26 Å². The van der Waals surface area contributed by atoms with E-state index in [0.717, 1.165) is 11.5 Å². The van der Waals surface area contributed by atoms with Crippen LogP contribution in [0.15, 0.2) is 70.3 Å². The van der Waals surface area contributed by atoms with Gasteiger partial charge >= 0.3 is 0 Å². The first-order valence-corrected chi connectivity index (χ1v) is 9.49. The number of hydrogen-bond acceptors (Lipinski definition) is 3. The molecular formula is C23H26N4O2. The van der Waals surface area contributed by atoms with Gasteiger partial charge in [-0.15, -0.1) is 0 Å². The average molecular weight is 390 g/mol. The number of anilines is 1. The van der Waals surface area contributed by atoms with Crippen LogP contribution in [0.2, 0.25) is 0 Å². The van der Waals surface area contributed by atoms with E-state index in [1.807, 2.05) is 24.3 Å². The second-order valence-corrected chi connectivity index (χ2v) is 6.84. The predicted molar refractivity (Wildman–Crippen MR) is 116 cm³/mol. The molecular weight excluding hydrogens is 364 g/mol. The molecule has 0 saturated carbocycles. The number of benzene rings is 2. The molecule has 3 rings (SSSR count). The lowest BCUT2D eigenvalue weighted by Crippen LogP contribution is -2.36. The molecule has 1 heterocycles. The van der Waals surface area contributed by atoms with E-state index in [1.165, 1.54) is 23.0 Å². The monoisotopic (exact) mass is 390 g/mol. The molecule has 0 fully saturated rings. The number of aliphatic imine (C=N–C) groups is 1. The van der Waals surface area contributed by atoms with E-state index in [0.29, 0.717) is 18.8 Å². The first-order chi connectivity index (χ1) is 14.0. The quantitative estimate of drug-likeness (QED) is 0.439. The molecule has 0 unspecified atom stereocenters. The molecule has 0 aliphatic heterocycles. The lowest BCUT2D eigenvalue weighted by atomic mass is 10.1. The Bertz CT molecular complexity index is 994. The molecule has 3 N–H and O–H groups in total. The van der Waals surface area contributed by atoms with Crippen LogP contribution in [0.1, 0.15) is 32.8 Å². The summed E-state index contributed by atoms with van der Waals surface area (Å²) in [5, 5.41) is 9.48. The van der Waals surface area contributed by atoms with Gasteiger partial charge in [-0.05, 0) is 54.8 Å². The topological polar surface area (TPSA) is 78.7 Å². The first kappa shape index (κ1) is 20.2. The number of aryl methyl sites for hydroxylation is 2. The summed E-state index contributed by atoms with van der Waals surface area (Å²) in [6.07, 6.45) is 1.48. The van der Waals surface area contributed by atoms with Crippen molar-refractivity contribution in [3.8, 4) is 0 Å². The summed E-state index contributed by atoms with van der Waals surface area (Å²) in [5.41, 5.74) is 5.49. The number of nitrogens with zero attached hydrogens (tertiary/aromatic N) is 1. The highest BCUT2D eigenvalue weighted by Gasteiger charge is 2.09. The Balaban J connectivity index is 1.54. The van der Waals surface area contributed by atoms with Gasteiger partial charge in [0.15, 0.2) is 11.7 Å². The fourth-order valence-corrected chi connectivity index (χ4v) is 2.99. The molecule has 0 radical (unpaired) electrons. The summed E-state index contributed by atoms with van der Waals surface area (Å²) < 4.78 is 5.12. The third-order valence-corrected chi connectivity index (χ3v) is 4.56.